The molecule has 3 aliphatic heterocycles. The average molecular weight is 502 g/mol. The summed E-state index contributed by atoms with van der Waals surface area (Å²) in [6.07, 6.45) is 2.21. The third kappa shape index (κ3) is 4.10. The Morgan fingerprint density at radius 1 is 1.03 bits per heavy atom. The van der Waals surface area contributed by atoms with Gasteiger partial charge in [-0.2, -0.15) is 0 Å². The lowest BCUT2D eigenvalue weighted by Crippen LogP contribution is -2.41. The molecule has 0 aliphatic carbocycles. The van der Waals surface area contributed by atoms with Gasteiger partial charge >= 0.3 is 0 Å². The molecule has 10 heteroatoms. The van der Waals surface area contributed by atoms with E-state index < -0.39 is 9.84 Å². The van der Waals surface area contributed by atoms with Crippen LogP contribution in [0.2, 0.25) is 0 Å². The summed E-state index contributed by atoms with van der Waals surface area (Å²) in [6.45, 7) is 2.67. The first-order chi connectivity index (χ1) is 16.7. The van der Waals surface area contributed by atoms with E-state index in [0.29, 0.717) is 59.6 Å². The molecule has 35 heavy (non-hydrogen) atoms. The molecule has 3 heterocycles. The second-order valence-corrected chi connectivity index (χ2v) is 11.1. The Labute approximate surface area is 204 Å². The number of hydrogen-bond donors (Lipinski definition) is 0. The van der Waals surface area contributed by atoms with Crippen molar-refractivity contribution in [1.82, 2.24) is 4.90 Å². The standard InChI is InChI=1S/C25H27NO8S/c1-14-24-16(11-26(13-33-24)17-5-6-35(28,29)12-17)7-18-23(27)22(34-25(14)18)9-15-8-20(31-3)21(32-4)10-19(15)30-2/h7-10,17H,5-6,11-13H2,1-4H3/b22-9-. The van der Waals surface area contributed by atoms with Crippen molar-refractivity contribution >= 4 is 21.7 Å². The molecule has 0 spiro atoms. The zero-order chi connectivity index (χ0) is 24.9. The van der Waals surface area contributed by atoms with E-state index in [0.717, 1.165) is 11.1 Å². The van der Waals surface area contributed by atoms with Crippen LogP contribution in [0, 0.1) is 6.92 Å². The minimum atomic E-state index is -3.01. The minimum absolute atomic E-state index is 0.0818. The highest BCUT2D eigenvalue weighted by atomic mass is 32.2. The van der Waals surface area contributed by atoms with E-state index in [2.05, 4.69) is 0 Å². The Bertz CT molecular complexity index is 1350. The van der Waals surface area contributed by atoms with E-state index in [4.69, 9.17) is 23.7 Å². The first-order valence-corrected chi connectivity index (χ1v) is 13.0. The topological polar surface area (TPSA) is 101 Å². The van der Waals surface area contributed by atoms with Gasteiger partial charge in [-0.05, 0) is 31.6 Å². The van der Waals surface area contributed by atoms with Crippen LogP contribution in [0.4, 0.5) is 0 Å². The van der Waals surface area contributed by atoms with E-state index in [1.54, 1.807) is 24.3 Å². The van der Waals surface area contributed by atoms with E-state index in [-0.39, 0.29) is 29.1 Å². The smallest absolute Gasteiger partial charge is 0.231 e. The Balaban J connectivity index is 1.47. The van der Waals surface area contributed by atoms with Gasteiger partial charge in [0.15, 0.2) is 27.1 Å². The number of Topliss-reactive ketones (excluding diaryl/α,β-unsaturated/α-hetero) is 1. The zero-order valence-corrected chi connectivity index (χ0v) is 20.9. The Kier molecular flexibility index (Phi) is 5.88. The Morgan fingerprint density at radius 3 is 2.40 bits per heavy atom. The van der Waals surface area contributed by atoms with Crippen LogP contribution >= 0.6 is 0 Å². The normalized spacial score (nSPS) is 21.8. The molecule has 1 unspecified atom stereocenters. The van der Waals surface area contributed by atoms with Gasteiger partial charge in [0, 0.05) is 35.3 Å². The van der Waals surface area contributed by atoms with Gasteiger partial charge < -0.3 is 23.7 Å². The summed E-state index contributed by atoms with van der Waals surface area (Å²) in [6, 6.07) is 5.12. The number of ketones is 1. The average Bonchev–Trinajstić information content (AvgIpc) is 3.37. The molecule has 0 bridgehead atoms. The zero-order valence-electron chi connectivity index (χ0n) is 20.0. The summed E-state index contributed by atoms with van der Waals surface area (Å²) < 4.78 is 52.1. The van der Waals surface area contributed by atoms with Crippen molar-refractivity contribution in [3.05, 3.63) is 46.2 Å². The molecule has 2 aromatic rings. The summed E-state index contributed by atoms with van der Waals surface area (Å²) in [5.74, 6) is 2.91. The van der Waals surface area contributed by atoms with Crippen molar-refractivity contribution in [1.29, 1.82) is 0 Å². The number of carbonyl (C=O) groups is 1. The molecular weight excluding hydrogens is 474 g/mol. The predicted molar refractivity (Wildman–Crippen MR) is 128 cm³/mol. The molecule has 186 valence electrons. The van der Waals surface area contributed by atoms with E-state index >= 15 is 0 Å². The molecule has 0 amide bonds. The minimum Gasteiger partial charge on any atom is -0.496 e. The number of sulfone groups is 1. The summed E-state index contributed by atoms with van der Waals surface area (Å²) in [7, 11) is 1.60. The monoisotopic (exact) mass is 501 g/mol. The second kappa shape index (κ2) is 8.76. The summed E-state index contributed by atoms with van der Waals surface area (Å²) in [5.41, 5.74) is 2.65. The largest absolute Gasteiger partial charge is 0.496 e. The van der Waals surface area contributed by atoms with Crippen molar-refractivity contribution in [3.63, 3.8) is 0 Å². The number of fused-ring (bicyclic) bond motifs is 2. The van der Waals surface area contributed by atoms with Gasteiger partial charge in [-0.3, -0.25) is 9.69 Å². The van der Waals surface area contributed by atoms with E-state index in [1.807, 2.05) is 11.8 Å². The maximum absolute atomic E-state index is 13.3. The third-order valence-electron chi connectivity index (χ3n) is 6.71. The van der Waals surface area contributed by atoms with Gasteiger partial charge in [-0.25, -0.2) is 8.42 Å². The van der Waals surface area contributed by atoms with Gasteiger partial charge in [-0.15, -0.1) is 0 Å². The van der Waals surface area contributed by atoms with Gasteiger partial charge in [0.05, 0.1) is 38.4 Å². The Morgan fingerprint density at radius 2 is 1.74 bits per heavy atom. The molecule has 0 aromatic heterocycles. The number of benzene rings is 2. The molecule has 3 aliphatic rings. The van der Waals surface area contributed by atoms with Crippen molar-refractivity contribution in [2.45, 2.75) is 25.9 Å². The van der Waals surface area contributed by atoms with Crippen LogP contribution in [-0.4, -0.2) is 64.7 Å². The van der Waals surface area contributed by atoms with Crippen LogP contribution in [0.5, 0.6) is 28.7 Å². The first kappa shape index (κ1) is 23.5. The highest BCUT2D eigenvalue weighted by Crippen LogP contribution is 2.44. The molecule has 0 saturated carbocycles. The molecule has 5 rings (SSSR count). The fraction of sp³-hybridized carbons (Fsp3) is 0.400. The maximum Gasteiger partial charge on any atom is 0.231 e. The maximum atomic E-state index is 13.3. The van der Waals surface area contributed by atoms with Gasteiger partial charge in [-0.1, -0.05) is 0 Å². The highest BCUT2D eigenvalue weighted by Gasteiger charge is 2.37. The van der Waals surface area contributed by atoms with Crippen molar-refractivity contribution in [2.75, 3.05) is 39.6 Å². The fourth-order valence-electron chi connectivity index (χ4n) is 4.87. The van der Waals surface area contributed by atoms with Crippen LogP contribution in [-0.2, 0) is 16.4 Å². The third-order valence-corrected chi connectivity index (χ3v) is 8.46. The molecular formula is C25H27NO8S. The molecule has 9 nitrogen and oxygen atoms in total. The van der Waals surface area contributed by atoms with Crippen molar-refractivity contribution in [2.24, 2.45) is 0 Å². The van der Waals surface area contributed by atoms with Gasteiger partial charge in [0.25, 0.3) is 0 Å². The molecule has 1 saturated heterocycles. The van der Waals surface area contributed by atoms with Gasteiger partial charge in [0.1, 0.15) is 24.0 Å². The predicted octanol–water partition coefficient (Wildman–Crippen LogP) is 2.98. The quantitative estimate of drug-likeness (QED) is 0.573. The SMILES string of the molecule is COc1cc(OC)c(OC)cc1/C=C1\Oc2c(cc3c(c2C)OCN(C2CCS(=O)(=O)C2)C3)C1=O. The lowest BCUT2D eigenvalue weighted by Gasteiger charge is -2.33. The molecule has 0 radical (unpaired) electrons. The second-order valence-electron chi connectivity index (χ2n) is 8.83. The summed E-state index contributed by atoms with van der Waals surface area (Å²) in [4.78, 5) is 15.3. The van der Waals surface area contributed by atoms with E-state index in [9.17, 15) is 13.2 Å². The van der Waals surface area contributed by atoms with Crippen LogP contribution in [0.15, 0.2) is 24.0 Å². The number of ether oxygens (including phenoxy) is 5. The van der Waals surface area contributed by atoms with Crippen molar-refractivity contribution in [3.8, 4) is 28.7 Å². The lowest BCUT2D eigenvalue weighted by molar-refractivity contribution is 0.0637. The highest BCUT2D eigenvalue weighted by molar-refractivity contribution is 7.91. The molecule has 1 atom stereocenters. The van der Waals surface area contributed by atoms with Crippen LogP contribution in [0.25, 0.3) is 6.08 Å². The van der Waals surface area contributed by atoms with Crippen LogP contribution in [0.1, 0.15) is 33.5 Å². The Hall–Kier alpha value is -3.24. The van der Waals surface area contributed by atoms with E-state index in [1.165, 1.54) is 21.3 Å². The number of methoxy groups -OCH3 is 3. The van der Waals surface area contributed by atoms with Crippen LogP contribution in [0.3, 0.4) is 0 Å². The van der Waals surface area contributed by atoms with Crippen molar-refractivity contribution < 1.29 is 36.9 Å². The number of carbonyl (C=O) groups excluding carboxylic acids is 1. The summed E-state index contributed by atoms with van der Waals surface area (Å²) in [5, 5.41) is 0. The van der Waals surface area contributed by atoms with Crippen LogP contribution < -0.4 is 23.7 Å². The van der Waals surface area contributed by atoms with Gasteiger partial charge in [0.2, 0.25) is 5.78 Å². The molecule has 2 aromatic carbocycles. The number of allylic oxidation sites excluding steroid dienone is 1. The first-order valence-electron chi connectivity index (χ1n) is 11.2. The number of nitrogens with zero attached hydrogens (tertiary/aromatic N) is 1. The fourth-order valence-corrected chi connectivity index (χ4v) is 6.63. The molecule has 1 fully saturated rings. The number of rotatable bonds is 5. The summed E-state index contributed by atoms with van der Waals surface area (Å²) >= 11 is 0. The number of hydrogen-bond acceptors (Lipinski definition) is 9. The molecule has 0 N–H and O–H groups in total. The lowest BCUT2D eigenvalue weighted by atomic mass is 9.99.